The van der Waals surface area contributed by atoms with Crippen LogP contribution in [0.1, 0.15) is 30.4 Å². The molecule has 2 saturated heterocycles. The van der Waals surface area contributed by atoms with Crippen LogP contribution < -0.4 is 16.0 Å². The number of halogens is 2. The summed E-state index contributed by atoms with van der Waals surface area (Å²) in [5.74, 6) is 0. The van der Waals surface area contributed by atoms with E-state index in [9.17, 15) is 18.7 Å². The molecular weight excluding hydrogens is 344 g/mol. The highest BCUT2D eigenvalue weighted by Crippen LogP contribution is 2.21. The van der Waals surface area contributed by atoms with E-state index < -0.39 is 24.7 Å². The molecule has 144 valence electrons. The second kappa shape index (κ2) is 8.75. The van der Waals surface area contributed by atoms with Crippen LogP contribution in [0.15, 0.2) is 24.3 Å². The smallest absolute Gasteiger partial charge is 0.407 e. The van der Waals surface area contributed by atoms with E-state index in [1.807, 2.05) is 0 Å². The molecule has 0 radical (unpaired) electrons. The number of alkyl halides is 2. The summed E-state index contributed by atoms with van der Waals surface area (Å²) in [6.07, 6.45) is -2.06. The van der Waals surface area contributed by atoms with Crippen molar-refractivity contribution in [3.63, 3.8) is 0 Å². The Morgan fingerprint density at radius 2 is 2.04 bits per heavy atom. The number of hydrogen-bond donors (Lipinski definition) is 4. The monoisotopic (exact) mass is 369 g/mol. The number of nitrogens with one attached hydrogen (secondary N) is 3. The third-order valence-electron chi connectivity index (χ3n) is 4.98. The summed E-state index contributed by atoms with van der Waals surface area (Å²) >= 11 is 0. The van der Waals surface area contributed by atoms with Gasteiger partial charge in [-0.25, -0.2) is 13.6 Å². The Balaban J connectivity index is 1.49. The molecule has 2 aliphatic rings. The maximum Gasteiger partial charge on any atom is 0.407 e. The van der Waals surface area contributed by atoms with Gasteiger partial charge in [0.2, 0.25) is 0 Å². The van der Waals surface area contributed by atoms with E-state index >= 15 is 0 Å². The molecule has 1 aromatic carbocycles. The third-order valence-corrected chi connectivity index (χ3v) is 4.98. The maximum atomic E-state index is 12.6. The van der Waals surface area contributed by atoms with Gasteiger partial charge >= 0.3 is 6.09 Å². The van der Waals surface area contributed by atoms with Gasteiger partial charge < -0.3 is 25.8 Å². The number of aliphatic hydroxyl groups excluding tert-OH is 1. The summed E-state index contributed by atoms with van der Waals surface area (Å²) < 4.78 is 30.7. The molecular formula is C18H25F2N3O3. The van der Waals surface area contributed by atoms with Gasteiger partial charge in [0, 0.05) is 24.7 Å². The number of rotatable bonds is 7. The van der Waals surface area contributed by atoms with Crippen LogP contribution in [0.4, 0.5) is 13.6 Å². The Hall–Kier alpha value is -1.77. The fourth-order valence-electron chi connectivity index (χ4n) is 3.28. The van der Waals surface area contributed by atoms with E-state index in [4.69, 9.17) is 4.74 Å². The van der Waals surface area contributed by atoms with Crippen molar-refractivity contribution in [1.82, 2.24) is 16.0 Å². The second-order valence-corrected chi connectivity index (χ2v) is 6.85. The molecule has 0 aromatic heterocycles. The summed E-state index contributed by atoms with van der Waals surface area (Å²) in [6.45, 7) is 1.87. The lowest BCUT2D eigenvalue weighted by Crippen LogP contribution is -2.46. The normalized spacial score (nSPS) is 28.0. The number of benzene rings is 1. The number of alkyl carbamates (subject to hydrolysis) is 1. The first-order valence-electron chi connectivity index (χ1n) is 8.99. The molecule has 4 atom stereocenters. The van der Waals surface area contributed by atoms with Gasteiger partial charge in [0.25, 0.3) is 6.43 Å². The number of aliphatic hydroxyl groups is 1. The van der Waals surface area contributed by atoms with Crippen LogP contribution in [0.25, 0.3) is 0 Å². The van der Waals surface area contributed by atoms with Crippen LogP contribution in [-0.2, 0) is 11.2 Å². The van der Waals surface area contributed by atoms with Gasteiger partial charge in [-0.1, -0.05) is 24.3 Å². The minimum Gasteiger partial charge on any atom is -0.442 e. The summed E-state index contributed by atoms with van der Waals surface area (Å²) in [5, 5.41) is 19.2. The Morgan fingerprint density at radius 1 is 1.31 bits per heavy atom. The molecule has 0 unspecified atom stereocenters. The molecule has 2 heterocycles. The van der Waals surface area contributed by atoms with E-state index in [2.05, 4.69) is 16.0 Å². The molecule has 1 amide bonds. The van der Waals surface area contributed by atoms with Crippen molar-refractivity contribution < 1.29 is 23.4 Å². The zero-order valence-corrected chi connectivity index (χ0v) is 14.5. The van der Waals surface area contributed by atoms with E-state index in [1.54, 1.807) is 12.1 Å². The van der Waals surface area contributed by atoms with E-state index in [0.717, 1.165) is 24.9 Å². The highest BCUT2D eigenvalue weighted by molar-refractivity contribution is 5.67. The van der Waals surface area contributed by atoms with Crippen LogP contribution in [0.5, 0.6) is 0 Å². The van der Waals surface area contributed by atoms with Gasteiger partial charge in [-0.15, -0.1) is 0 Å². The maximum absolute atomic E-state index is 12.6. The first-order valence-corrected chi connectivity index (χ1v) is 8.99. The number of carbonyl (C=O) groups is 1. The Kier molecular flexibility index (Phi) is 6.39. The molecule has 4 N–H and O–H groups in total. The fourth-order valence-corrected chi connectivity index (χ4v) is 3.28. The molecule has 0 spiro atoms. The molecule has 0 aliphatic carbocycles. The number of ether oxygens (including phenoxy) is 1. The predicted octanol–water partition coefficient (Wildman–Crippen LogP) is 1.35. The molecule has 1 aromatic rings. The van der Waals surface area contributed by atoms with Crippen molar-refractivity contribution >= 4 is 6.09 Å². The lowest BCUT2D eigenvalue weighted by atomic mass is 10.0. The van der Waals surface area contributed by atoms with Crippen molar-refractivity contribution in [3.05, 3.63) is 35.4 Å². The lowest BCUT2D eigenvalue weighted by molar-refractivity contribution is 0.0189. The third kappa shape index (κ3) is 4.90. The quantitative estimate of drug-likeness (QED) is 0.583. The van der Waals surface area contributed by atoms with Crippen molar-refractivity contribution in [2.75, 3.05) is 19.6 Å². The predicted molar refractivity (Wildman–Crippen MR) is 92.2 cm³/mol. The first kappa shape index (κ1) is 19.0. The van der Waals surface area contributed by atoms with E-state index in [1.165, 1.54) is 12.1 Å². The van der Waals surface area contributed by atoms with Gasteiger partial charge in [-0.2, -0.15) is 0 Å². The molecule has 26 heavy (non-hydrogen) atoms. The van der Waals surface area contributed by atoms with Crippen molar-refractivity contribution in [3.8, 4) is 0 Å². The fraction of sp³-hybridized carbons (Fsp3) is 0.611. The molecule has 0 saturated carbocycles. The van der Waals surface area contributed by atoms with Crippen LogP contribution in [0.3, 0.4) is 0 Å². The second-order valence-electron chi connectivity index (χ2n) is 6.85. The van der Waals surface area contributed by atoms with Gasteiger partial charge in [0.1, 0.15) is 12.2 Å². The first-order chi connectivity index (χ1) is 12.5. The van der Waals surface area contributed by atoms with Crippen LogP contribution >= 0.6 is 0 Å². The average molecular weight is 369 g/mol. The summed E-state index contributed by atoms with van der Waals surface area (Å²) in [7, 11) is 0. The number of β-amino-alcohol motifs (C(OH)–C–C–N with tert-alkyl or cyclic N) is 1. The summed E-state index contributed by atoms with van der Waals surface area (Å²) in [6, 6.07) is 6.25. The highest BCUT2D eigenvalue weighted by atomic mass is 19.3. The van der Waals surface area contributed by atoms with Crippen molar-refractivity contribution in [2.45, 2.75) is 50.0 Å². The standard InChI is InChI=1S/C18H25F2N3O3/c19-17(20)12-3-1-11(2-4-12)9-14-16(15(24)10-23-14)26-18(25)22-8-6-13-5-7-21-13/h1-4,13-17,21,23-24H,5-10H2,(H,22,25)/t13-,14+,15-,16-/m0/s1. The molecule has 8 heteroatoms. The Morgan fingerprint density at radius 3 is 2.65 bits per heavy atom. The molecule has 0 bridgehead atoms. The minimum atomic E-state index is -2.50. The van der Waals surface area contributed by atoms with Gasteiger partial charge in [-0.3, -0.25) is 0 Å². The highest BCUT2D eigenvalue weighted by Gasteiger charge is 2.37. The molecule has 2 fully saturated rings. The van der Waals surface area contributed by atoms with E-state index in [-0.39, 0.29) is 11.6 Å². The topological polar surface area (TPSA) is 82.6 Å². The number of carbonyl (C=O) groups excluding carboxylic acids is 1. The van der Waals surface area contributed by atoms with Gasteiger partial charge in [-0.05, 0) is 31.4 Å². The van der Waals surface area contributed by atoms with Gasteiger partial charge in [0.05, 0.1) is 6.04 Å². The molecule has 2 aliphatic heterocycles. The Labute approximate surface area is 151 Å². The lowest BCUT2D eigenvalue weighted by Gasteiger charge is -2.27. The number of amides is 1. The van der Waals surface area contributed by atoms with Crippen molar-refractivity contribution in [2.24, 2.45) is 0 Å². The van der Waals surface area contributed by atoms with Crippen LogP contribution in [0, 0.1) is 0 Å². The van der Waals surface area contributed by atoms with E-state index in [0.29, 0.717) is 25.6 Å². The van der Waals surface area contributed by atoms with Gasteiger partial charge in [0.15, 0.2) is 0 Å². The SMILES string of the molecule is O=C(NCC[C@@H]1CCN1)O[C@@H]1[C@@H](O)CN[C@@H]1Cc1ccc(C(F)F)cc1. The summed E-state index contributed by atoms with van der Waals surface area (Å²) in [4.78, 5) is 12.0. The molecule has 3 rings (SSSR count). The zero-order valence-electron chi connectivity index (χ0n) is 14.5. The minimum absolute atomic E-state index is 0.0266. The van der Waals surface area contributed by atoms with Crippen LogP contribution in [-0.4, -0.2) is 55.1 Å². The zero-order chi connectivity index (χ0) is 18.5. The number of hydrogen-bond acceptors (Lipinski definition) is 5. The van der Waals surface area contributed by atoms with Crippen LogP contribution in [0.2, 0.25) is 0 Å². The van der Waals surface area contributed by atoms with Crippen molar-refractivity contribution in [1.29, 1.82) is 0 Å². The molecule has 6 nitrogen and oxygen atoms in total. The average Bonchev–Trinajstić information content (AvgIpc) is 2.91. The Bertz CT molecular complexity index is 596. The summed E-state index contributed by atoms with van der Waals surface area (Å²) in [5.41, 5.74) is 0.812. The largest absolute Gasteiger partial charge is 0.442 e.